The lowest BCUT2D eigenvalue weighted by Gasteiger charge is -2.07. The number of imidazole rings is 1. The smallest absolute Gasteiger partial charge is 0.329 e. The SMILES string of the molecule is COc1ccc(CNC(=O)Cn2c(=O)n(C)c3ccccc32)cn1. The fourth-order valence-corrected chi connectivity index (χ4v) is 2.55. The fraction of sp³-hybridized carbons (Fsp3) is 0.235. The Kier molecular flexibility index (Phi) is 4.33. The Labute approximate surface area is 138 Å². The number of hydrogen-bond donors (Lipinski definition) is 1. The molecule has 0 aliphatic carbocycles. The number of rotatable bonds is 5. The third kappa shape index (κ3) is 3.01. The molecule has 0 unspecified atom stereocenters. The number of nitrogens with zero attached hydrogens (tertiary/aromatic N) is 3. The van der Waals surface area contributed by atoms with Crippen molar-refractivity contribution in [3.05, 3.63) is 58.6 Å². The van der Waals surface area contributed by atoms with Gasteiger partial charge in [-0.2, -0.15) is 0 Å². The van der Waals surface area contributed by atoms with Crippen molar-refractivity contribution in [2.75, 3.05) is 7.11 Å². The number of benzene rings is 1. The first kappa shape index (κ1) is 15.8. The molecule has 1 aromatic carbocycles. The lowest BCUT2D eigenvalue weighted by molar-refractivity contribution is -0.121. The van der Waals surface area contributed by atoms with Crippen LogP contribution in [0.4, 0.5) is 0 Å². The largest absolute Gasteiger partial charge is 0.481 e. The molecular weight excluding hydrogens is 308 g/mol. The van der Waals surface area contributed by atoms with E-state index in [-0.39, 0.29) is 18.1 Å². The van der Waals surface area contributed by atoms with Gasteiger partial charge in [-0.15, -0.1) is 0 Å². The van der Waals surface area contributed by atoms with Crippen molar-refractivity contribution in [3.63, 3.8) is 0 Å². The molecule has 0 fully saturated rings. The number of fused-ring (bicyclic) bond motifs is 1. The van der Waals surface area contributed by atoms with Crippen LogP contribution in [-0.2, 0) is 24.9 Å². The average molecular weight is 326 g/mol. The van der Waals surface area contributed by atoms with Gasteiger partial charge in [0.05, 0.1) is 18.1 Å². The predicted octanol–water partition coefficient (Wildman–Crippen LogP) is 1.06. The zero-order valence-electron chi connectivity index (χ0n) is 13.5. The van der Waals surface area contributed by atoms with Gasteiger partial charge >= 0.3 is 5.69 Å². The van der Waals surface area contributed by atoms with Crippen molar-refractivity contribution in [2.24, 2.45) is 7.05 Å². The summed E-state index contributed by atoms with van der Waals surface area (Å²) in [5.41, 5.74) is 2.19. The molecule has 0 radical (unpaired) electrons. The zero-order valence-corrected chi connectivity index (χ0v) is 13.5. The predicted molar refractivity (Wildman–Crippen MR) is 89.8 cm³/mol. The van der Waals surface area contributed by atoms with Crippen LogP contribution in [0.25, 0.3) is 11.0 Å². The minimum absolute atomic E-state index is 0.0240. The highest BCUT2D eigenvalue weighted by Gasteiger charge is 2.12. The van der Waals surface area contributed by atoms with Crippen LogP contribution < -0.4 is 15.7 Å². The van der Waals surface area contributed by atoms with E-state index in [2.05, 4.69) is 10.3 Å². The van der Waals surface area contributed by atoms with Crippen molar-refractivity contribution in [3.8, 4) is 5.88 Å². The van der Waals surface area contributed by atoms with Gasteiger partial charge in [-0.25, -0.2) is 9.78 Å². The highest BCUT2D eigenvalue weighted by atomic mass is 16.5. The lowest BCUT2D eigenvalue weighted by atomic mass is 10.3. The third-order valence-corrected chi connectivity index (χ3v) is 3.85. The molecule has 0 aliphatic rings. The average Bonchev–Trinajstić information content (AvgIpc) is 2.86. The summed E-state index contributed by atoms with van der Waals surface area (Å²) >= 11 is 0. The number of carbonyl (C=O) groups excluding carboxylic acids is 1. The minimum atomic E-state index is -0.232. The van der Waals surface area contributed by atoms with Gasteiger partial charge in [0.1, 0.15) is 6.54 Å². The van der Waals surface area contributed by atoms with E-state index in [1.54, 1.807) is 26.4 Å². The number of methoxy groups -OCH3 is 1. The van der Waals surface area contributed by atoms with E-state index in [0.29, 0.717) is 12.4 Å². The van der Waals surface area contributed by atoms with Gasteiger partial charge in [-0.1, -0.05) is 18.2 Å². The molecule has 124 valence electrons. The van der Waals surface area contributed by atoms with E-state index < -0.39 is 0 Å². The van der Waals surface area contributed by atoms with Crippen LogP contribution in [0.2, 0.25) is 0 Å². The summed E-state index contributed by atoms with van der Waals surface area (Å²) in [5.74, 6) is 0.289. The Hall–Kier alpha value is -3.09. The molecule has 2 heterocycles. The van der Waals surface area contributed by atoms with E-state index in [4.69, 9.17) is 4.74 Å². The van der Waals surface area contributed by atoms with Crippen LogP contribution in [0.15, 0.2) is 47.4 Å². The summed E-state index contributed by atoms with van der Waals surface area (Å²) in [6.45, 7) is 0.319. The minimum Gasteiger partial charge on any atom is -0.481 e. The molecule has 24 heavy (non-hydrogen) atoms. The molecule has 3 rings (SSSR count). The molecule has 0 aliphatic heterocycles. The van der Waals surface area contributed by atoms with Crippen molar-refractivity contribution in [2.45, 2.75) is 13.1 Å². The summed E-state index contributed by atoms with van der Waals surface area (Å²) in [6.07, 6.45) is 1.64. The highest BCUT2D eigenvalue weighted by Crippen LogP contribution is 2.11. The number of ether oxygens (including phenoxy) is 1. The Bertz CT molecular complexity index is 925. The van der Waals surface area contributed by atoms with E-state index >= 15 is 0 Å². The number of hydrogen-bond acceptors (Lipinski definition) is 4. The fourth-order valence-electron chi connectivity index (χ4n) is 2.55. The van der Waals surface area contributed by atoms with Gasteiger partial charge in [0, 0.05) is 25.9 Å². The summed E-state index contributed by atoms with van der Waals surface area (Å²) in [5, 5.41) is 2.80. The van der Waals surface area contributed by atoms with E-state index in [0.717, 1.165) is 16.6 Å². The first-order chi connectivity index (χ1) is 11.6. The molecule has 0 saturated carbocycles. The number of amides is 1. The topological polar surface area (TPSA) is 78.1 Å². The second kappa shape index (κ2) is 6.57. The molecule has 1 N–H and O–H groups in total. The van der Waals surface area contributed by atoms with Crippen molar-refractivity contribution >= 4 is 16.9 Å². The molecule has 0 spiro atoms. The number of para-hydroxylation sites is 2. The van der Waals surface area contributed by atoms with Gasteiger partial charge < -0.3 is 10.1 Å². The molecule has 0 atom stereocenters. The van der Waals surface area contributed by atoms with Crippen molar-refractivity contribution in [1.82, 2.24) is 19.4 Å². The Morgan fingerprint density at radius 1 is 1.21 bits per heavy atom. The number of carbonyl (C=O) groups is 1. The van der Waals surface area contributed by atoms with Crippen LogP contribution >= 0.6 is 0 Å². The Balaban J connectivity index is 1.71. The monoisotopic (exact) mass is 326 g/mol. The molecule has 0 bridgehead atoms. The number of nitrogens with one attached hydrogen (secondary N) is 1. The van der Waals surface area contributed by atoms with E-state index in [1.165, 1.54) is 9.13 Å². The first-order valence-corrected chi connectivity index (χ1v) is 7.50. The van der Waals surface area contributed by atoms with Crippen molar-refractivity contribution < 1.29 is 9.53 Å². The molecule has 2 aromatic heterocycles. The maximum atomic E-state index is 12.3. The van der Waals surface area contributed by atoms with Gasteiger partial charge in [-0.3, -0.25) is 13.9 Å². The quantitative estimate of drug-likeness (QED) is 0.760. The Morgan fingerprint density at radius 3 is 2.62 bits per heavy atom. The third-order valence-electron chi connectivity index (χ3n) is 3.85. The van der Waals surface area contributed by atoms with Crippen LogP contribution in [0.1, 0.15) is 5.56 Å². The summed E-state index contributed by atoms with van der Waals surface area (Å²) in [7, 11) is 3.24. The molecule has 7 nitrogen and oxygen atoms in total. The Morgan fingerprint density at radius 2 is 1.96 bits per heavy atom. The van der Waals surface area contributed by atoms with Crippen molar-refractivity contribution in [1.29, 1.82) is 0 Å². The molecular formula is C17H18N4O3. The van der Waals surface area contributed by atoms with Gasteiger partial charge in [0.25, 0.3) is 0 Å². The highest BCUT2D eigenvalue weighted by molar-refractivity contribution is 5.80. The number of aromatic nitrogens is 3. The second-order valence-electron chi connectivity index (χ2n) is 5.40. The summed E-state index contributed by atoms with van der Waals surface area (Å²) in [4.78, 5) is 28.6. The number of aryl methyl sites for hydroxylation is 1. The standard InChI is InChI=1S/C17H18N4O3/c1-20-13-5-3-4-6-14(13)21(17(20)23)11-15(22)18-9-12-7-8-16(24-2)19-10-12/h3-8,10H,9,11H2,1-2H3,(H,18,22). The van der Waals surface area contributed by atoms with Gasteiger partial charge in [0.2, 0.25) is 11.8 Å². The van der Waals surface area contributed by atoms with E-state index in [1.807, 2.05) is 30.3 Å². The van der Waals surface area contributed by atoms with Crippen LogP contribution in [-0.4, -0.2) is 27.1 Å². The van der Waals surface area contributed by atoms with Crippen LogP contribution in [0.3, 0.4) is 0 Å². The summed E-state index contributed by atoms with van der Waals surface area (Å²) < 4.78 is 8.00. The van der Waals surface area contributed by atoms with E-state index in [9.17, 15) is 9.59 Å². The normalized spacial score (nSPS) is 10.8. The molecule has 3 aromatic rings. The lowest BCUT2D eigenvalue weighted by Crippen LogP contribution is -2.32. The molecule has 0 saturated heterocycles. The zero-order chi connectivity index (χ0) is 17.1. The van der Waals surface area contributed by atoms with Crippen LogP contribution in [0.5, 0.6) is 5.88 Å². The maximum absolute atomic E-state index is 12.3. The second-order valence-corrected chi connectivity index (χ2v) is 5.40. The first-order valence-electron chi connectivity index (χ1n) is 7.50. The molecule has 7 heteroatoms. The summed E-state index contributed by atoms with van der Waals surface area (Å²) in [6, 6.07) is 11.0. The van der Waals surface area contributed by atoms with Gasteiger partial charge in [-0.05, 0) is 17.7 Å². The maximum Gasteiger partial charge on any atom is 0.329 e. The van der Waals surface area contributed by atoms with Gasteiger partial charge in [0.15, 0.2) is 0 Å². The molecule has 1 amide bonds. The number of pyridine rings is 1. The van der Waals surface area contributed by atoms with Crippen LogP contribution in [0, 0.1) is 0 Å².